The van der Waals surface area contributed by atoms with Gasteiger partial charge in [0, 0.05) is 5.56 Å². The number of hydrogen-bond donors (Lipinski definition) is 0. The van der Waals surface area contributed by atoms with Crippen LogP contribution in [0.15, 0.2) is 47.0 Å². The molecular weight excluding hydrogens is 382 g/mol. The average molecular weight is 399 g/mol. The monoisotopic (exact) mass is 399 g/mol. The first-order valence-electron chi connectivity index (χ1n) is 9.12. The Morgan fingerprint density at radius 3 is 2.79 bits per heavy atom. The zero-order valence-electron chi connectivity index (χ0n) is 15.5. The second kappa shape index (κ2) is 7.50. The van der Waals surface area contributed by atoms with E-state index < -0.39 is 23.6 Å². The second-order valence-electron chi connectivity index (χ2n) is 6.65. The van der Waals surface area contributed by atoms with Crippen molar-refractivity contribution in [3.05, 3.63) is 60.0 Å². The summed E-state index contributed by atoms with van der Waals surface area (Å²) in [5.41, 5.74) is 0.778. The third kappa shape index (κ3) is 3.39. The molecule has 1 aliphatic carbocycles. The Balaban J connectivity index is 1.67. The lowest BCUT2D eigenvalue weighted by molar-refractivity contribution is -0.460. The highest BCUT2D eigenvalue weighted by Crippen LogP contribution is 2.22. The molecule has 2 heterocycles. The molecule has 0 N–H and O–H groups in total. The van der Waals surface area contributed by atoms with E-state index in [4.69, 9.17) is 4.52 Å². The number of halogens is 2. The van der Waals surface area contributed by atoms with Crippen molar-refractivity contribution < 1.29 is 27.5 Å². The number of nitrogens with zero attached hydrogens (tertiary/aromatic N) is 4. The highest BCUT2D eigenvalue weighted by atomic mass is 19.2. The molecule has 1 aromatic carbocycles. The number of imide groups is 1. The van der Waals surface area contributed by atoms with Gasteiger partial charge in [-0.1, -0.05) is 30.3 Å². The second-order valence-corrected chi connectivity index (χ2v) is 6.65. The van der Waals surface area contributed by atoms with Crippen molar-refractivity contribution in [2.75, 3.05) is 6.54 Å². The molecule has 4 rings (SSSR count). The van der Waals surface area contributed by atoms with Crippen molar-refractivity contribution in [3.63, 3.8) is 0 Å². The number of rotatable bonds is 5. The summed E-state index contributed by atoms with van der Waals surface area (Å²) in [5, 5.41) is 3.79. The number of amides is 3. The third-order valence-corrected chi connectivity index (χ3v) is 4.69. The average Bonchev–Trinajstić information content (AvgIpc) is 3.19. The molecule has 29 heavy (non-hydrogen) atoms. The van der Waals surface area contributed by atoms with Gasteiger partial charge in [0.2, 0.25) is 5.82 Å². The van der Waals surface area contributed by atoms with Crippen LogP contribution < -0.4 is 0 Å². The Morgan fingerprint density at radius 2 is 2.03 bits per heavy atom. The van der Waals surface area contributed by atoms with E-state index in [1.54, 1.807) is 24.3 Å². The minimum absolute atomic E-state index is 0.0486. The fourth-order valence-corrected chi connectivity index (χ4v) is 3.31. The zero-order valence-corrected chi connectivity index (χ0v) is 15.5. The summed E-state index contributed by atoms with van der Waals surface area (Å²) in [7, 11) is 0. The van der Waals surface area contributed by atoms with Gasteiger partial charge in [-0.15, -0.1) is 0 Å². The summed E-state index contributed by atoms with van der Waals surface area (Å²) in [6, 6.07) is 2.82. The summed E-state index contributed by atoms with van der Waals surface area (Å²) in [6.07, 6.45) is 7.58. The number of urea groups is 1. The van der Waals surface area contributed by atoms with Crippen molar-refractivity contribution in [1.29, 1.82) is 0 Å². The Bertz CT molecular complexity index is 1090. The molecule has 1 aliphatic heterocycles. The molecular formula is C20H17F2N4O3+. The van der Waals surface area contributed by atoms with Crippen LogP contribution in [0, 0.1) is 17.6 Å². The van der Waals surface area contributed by atoms with Crippen LogP contribution in [0.2, 0.25) is 0 Å². The van der Waals surface area contributed by atoms with Crippen LogP contribution in [0.4, 0.5) is 13.6 Å². The SMILES string of the molecule is CCCN1C(=O)C2C=CC=CC2=[N+](Cc2nc(-c3ccc(F)c(F)c3)no2)C1=O. The molecule has 0 saturated heterocycles. The van der Waals surface area contributed by atoms with E-state index >= 15 is 0 Å². The van der Waals surface area contributed by atoms with E-state index in [0.717, 1.165) is 12.1 Å². The van der Waals surface area contributed by atoms with Gasteiger partial charge in [0.15, 0.2) is 18.2 Å². The number of benzene rings is 1. The molecule has 2 aliphatic rings. The van der Waals surface area contributed by atoms with E-state index in [0.29, 0.717) is 18.7 Å². The lowest BCUT2D eigenvalue weighted by Gasteiger charge is -2.26. The normalized spacial score (nSPS) is 18.6. The topological polar surface area (TPSA) is 79.3 Å². The predicted molar refractivity (Wildman–Crippen MR) is 97.8 cm³/mol. The van der Waals surface area contributed by atoms with E-state index in [2.05, 4.69) is 10.1 Å². The summed E-state index contributed by atoms with van der Waals surface area (Å²) in [5.74, 6) is -2.64. The highest BCUT2D eigenvalue weighted by Gasteiger charge is 2.46. The van der Waals surface area contributed by atoms with Crippen molar-refractivity contribution in [1.82, 2.24) is 15.0 Å². The molecule has 0 bridgehead atoms. The Morgan fingerprint density at radius 1 is 1.21 bits per heavy atom. The van der Waals surface area contributed by atoms with E-state index in [1.807, 2.05) is 6.92 Å². The molecule has 7 nitrogen and oxygen atoms in total. The van der Waals surface area contributed by atoms with E-state index in [1.165, 1.54) is 15.5 Å². The standard InChI is InChI=1S/C20H17F2N4O3/c1-2-9-25-19(27)13-5-3-4-6-16(13)26(20(25)28)11-17-23-18(24-29-17)12-7-8-14(21)15(22)10-12/h3-8,10,13H,2,9,11H2,1H3/q+1. The first-order valence-corrected chi connectivity index (χ1v) is 9.12. The van der Waals surface area contributed by atoms with Crippen LogP contribution in [-0.2, 0) is 11.3 Å². The lowest BCUT2D eigenvalue weighted by Crippen LogP contribution is -2.54. The number of allylic oxidation sites excluding steroid dienone is 3. The van der Waals surface area contributed by atoms with E-state index in [-0.39, 0.29) is 29.7 Å². The molecule has 1 aromatic heterocycles. The van der Waals surface area contributed by atoms with Gasteiger partial charge in [0.1, 0.15) is 11.6 Å². The summed E-state index contributed by atoms with van der Waals surface area (Å²) in [6.45, 7) is 2.14. The highest BCUT2D eigenvalue weighted by molar-refractivity contribution is 6.16. The quantitative estimate of drug-likeness (QED) is 0.722. The fourth-order valence-electron chi connectivity index (χ4n) is 3.31. The Labute approximate surface area is 164 Å². The number of carbonyl (C=O) groups excluding carboxylic acids is 2. The fraction of sp³-hybridized carbons (Fsp3) is 0.250. The molecule has 3 amide bonds. The minimum atomic E-state index is -1.02. The van der Waals surface area contributed by atoms with Gasteiger partial charge in [0.25, 0.3) is 5.89 Å². The number of fused-ring (bicyclic) bond motifs is 1. The number of aromatic nitrogens is 2. The summed E-state index contributed by atoms with van der Waals surface area (Å²) >= 11 is 0. The minimum Gasteiger partial charge on any atom is -0.335 e. The van der Waals surface area contributed by atoms with Gasteiger partial charge in [-0.25, -0.2) is 13.6 Å². The van der Waals surface area contributed by atoms with Crippen molar-refractivity contribution in [3.8, 4) is 11.4 Å². The first kappa shape index (κ1) is 18.9. The molecule has 1 atom stereocenters. The number of carbonyl (C=O) groups is 2. The van der Waals surface area contributed by atoms with Crippen molar-refractivity contribution >= 4 is 17.6 Å². The molecule has 2 aromatic rings. The molecule has 1 unspecified atom stereocenters. The largest absolute Gasteiger partial charge is 0.501 e. The Kier molecular flexibility index (Phi) is 4.87. The third-order valence-electron chi connectivity index (χ3n) is 4.69. The van der Waals surface area contributed by atoms with Gasteiger partial charge >= 0.3 is 11.9 Å². The summed E-state index contributed by atoms with van der Waals surface area (Å²) < 4.78 is 33.2. The summed E-state index contributed by atoms with van der Waals surface area (Å²) in [4.78, 5) is 31.0. The molecule has 9 heteroatoms. The van der Waals surface area contributed by atoms with Gasteiger partial charge < -0.3 is 4.52 Å². The molecule has 0 spiro atoms. The van der Waals surface area contributed by atoms with Gasteiger partial charge in [-0.2, -0.15) is 19.3 Å². The molecule has 0 radical (unpaired) electrons. The van der Waals surface area contributed by atoms with Crippen LogP contribution in [-0.4, -0.2) is 43.8 Å². The van der Waals surface area contributed by atoms with Gasteiger partial charge in [-0.05, 0) is 30.7 Å². The van der Waals surface area contributed by atoms with Crippen LogP contribution in [0.5, 0.6) is 0 Å². The smallest absolute Gasteiger partial charge is 0.335 e. The van der Waals surface area contributed by atoms with Crippen LogP contribution >= 0.6 is 0 Å². The molecule has 148 valence electrons. The van der Waals surface area contributed by atoms with Crippen LogP contribution in [0.25, 0.3) is 11.4 Å². The van der Waals surface area contributed by atoms with Gasteiger partial charge in [0.05, 0.1) is 6.54 Å². The van der Waals surface area contributed by atoms with Gasteiger partial charge in [-0.3, -0.25) is 0 Å². The zero-order chi connectivity index (χ0) is 20.5. The molecule has 0 fully saturated rings. The maximum atomic E-state index is 13.5. The van der Waals surface area contributed by atoms with Crippen LogP contribution in [0.3, 0.4) is 0 Å². The molecule has 0 saturated carbocycles. The Hall–Kier alpha value is -3.49. The first-order chi connectivity index (χ1) is 14.0. The number of hydrogen-bond acceptors (Lipinski definition) is 5. The van der Waals surface area contributed by atoms with Crippen molar-refractivity contribution in [2.24, 2.45) is 5.92 Å². The van der Waals surface area contributed by atoms with Crippen LogP contribution in [0.1, 0.15) is 19.2 Å². The lowest BCUT2D eigenvalue weighted by atomic mass is 9.94. The predicted octanol–water partition coefficient (Wildman–Crippen LogP) is 3.08. The maximum Gasteiger partial charge on any atom is 0.501 e. The van der Waals surface area contributed by atoms with Crippen molar-refractivity contribution in [2.45, 2.75) is 19.9 Å². The van der Waals surface area contributed by atoms with E-state index in [9.17, 15) is 18.4 Å². The maximum absolute atomic E-state index is 13.5.